The second-order valence-corrected chi connectivity index (χ2v) is 6.07. The highest BCUT2D eigenvalue weighted by Crippen LogP contribution is 2.24. The predicted octanol–water partition coefficient (Wildman–Crippen LogP) is 1.14. The Morgan fingerprint density at radius 2 is 1.96 bits per heavy atom. The Morgan fingerprint density at radius 3 is 2.61 bits per heavy atom. The Kier molecular flexibility index (Phi) is 4.08. The summed E-state index contributed by atoms with van der Waals surface area (Å²) in [7, 11) is 3.11. The lowest BCUT2D eigenvalue weighted by Gasteiger charge is -2.06. The van der Waals surface area contributed by atoms with Gasteiger partial charge in [-0.3, -0.25) is 18.9 Å². The molecule has 23 heavy (non-hydrogen) atoms. The van der Waals surface area contributed by atoms with Crippen LogP contribution in [-0.2, 0) is 26.4 Å². The van der Waals surface area contributed by atoms with E-state index in [9.17, 15) is 9.59 Å². The van der Waals surface area contributed by atoms with Crippen LogP contribution in [0.4, 0.5) is 0 Å². The topological polar surface area (TPSA) is 74.7 Å². The van der Waals surface area contributed by atoms with Gasteiger partial charge in [0, 0.05) is 32.6 Å². The van der Waals surface area contributed by atoms with E-state index < -0.39 is 0 Å². The van der Waals surface area contributed by atoms with Gasteiger partial charge in [-0.25, -0.2) is 9.78 Å². The second kappa shape index (κ2) is 6.04. The molecule has 0 aliphatic rings. The van der Waals surface area contributed by atoms with E-state index in [4.69, 9.17) is 0 Å². The molecule has 3 aromatic heterocycles. The Morgan fingerprint density at radius 1 is 1.17 bits per heavy atom. The molecule has 0 aliphatic carbocycles. The zero-order valence-electron chi connectivity index (χ0n) is 13.2. The number of rotatable bonds is 4. The number of thioether (sulfide) groups is 1. The lowest BCUT2D eigenvalue weighted by molar-refractivity contribution is 0.684. The quantitative estimate of drug-likeness (QED) is 0.670. The van der Waals surface area contributed by atoms with Crippen LogP contribution in [0.3, 0.4) is 0 Å². The van der Waals surface area contributed by atoms with Crippen molar-refractivity contribution in [2.45, 2.75) is 24.4 Å². The van der Waals surface area contributed by atoms with Gasteiger partial charge in [0.15, 0.2) is 16.3 Å². The lowest BCUT2D eigenvalue weighted by atomic mass is 10.4. The van der Waals surface area contributed by atoms with Gasteiger partial charge in [-0.15, -0.1) is 0 Å². The van der Waals surface area contributed by atoms with Crippen molar-refractivity contribution in [1.82, 2.24) is 23.7 Å². The van der Waals surface area contributed by atoms with Gasteiger partial charge in [-0.2, -0.15) is 0 Å². The molecular weight excluding hydrogens is 314 g/mol. The molecular formula is C15H17N5O2S. The molecule has 0 aliphatic heterocycles. The SMILES string of the molecule is CCn1c(SCc2ccccn2)nc2c1c(=O)n(C)c(=O)n2C. The van der Waals surface area contributed by atoms with Crippen LogP contribution >= 0.6 is 11.8 Å². The van der Waals surface area contributed by atoms with Crippen LogP contribution in [-0.4, -0.2) is 23.7 Å². The molecule has 0 N–H and O–H groups in total. The highest BCUT2D eigenvalue weighted by Gasteiger charge is 2.18. The zero-order chi connectivity index (χ0) is 16.6. The summed E-state index contributed by atoms with van der Waals surface area (Å²) in [6.45, 7) is 2.56. The third-order valence-electron chi connectivity index (χ3n) is 3.70. The predicted molar refractivity (Wildman–Crippen MR) is 89.7 cm³/mol. The summed E-state index contributed by atoms with van der Waals surface area (Å²) < 4.78 is 4.38. The van der Waals surface area contributed by atoms with E-state index in [1.54, 1.807) is 13.2 Å². The molecule has 0 unspecified atom stereocenters. The molecule has 3 rings (SSSR count). The van der Waals surface area contributed by atoms with Crippen LogP contribution in [0.25, 0.3) is 11.2 Å². The Balaban J connectivity index is 2.11. The first-order chi connectivity index (χ1) is 11.0. The van der Waals surface area contributed by atoms with Crippen molar-refractivity contribution in [2.24, 2.45) is 14.1 Å². The minimum atomic E-state index is -0.371. The number of nitrogens with zero attached hydrogens (tertiary/aromatic N) is 5. The number of imidazole rings is 1. The normalized spacial score (nSPS) is 11.3. The number of aromatic nitrogens is 5. The summed E-state index contributed by atoms with van der Waals surface area (Å²) in [6.07, 6.45) is 1.75. The van der Waals surface area contributed by atoms with Crippen LogP contribution in [0.15, 0.2) is 39.1 Å². The molecule has 0 bridgehead atoms. The maximum atomic E-state index is 12.4. The van der Waals surface area contributed by atoms with Crippen molar-refractivity contribution >= 4 is 22.9 Å². The number of hydrogen-bond acceptors (Lipinski definition) is 5. The van der Waals surface area contributed by atoms with Gasteiger partial charge in [0.1, 0.15) is 0 Å². The Hall–Kier alpha value is -2.35. The molecule has 8 heteroatoms. The molecule has 0 radical (unpaired) electrons. The summed E-state index contributed by atoms with van der Waals surface area (Å²) in [5, 5.41) is 0.714. The maximum Gasteiger partial charge on any atom is 0.332 e. The van der Waals surface area contributed by atoms with E-state index in [1.807, 2.05) is 29.7 Å². The molecule has 0 saturated heterocycles. The van der Waals surface area contributed by atoms with Crippen molar-refractivity contribution in [3.8, 4) is 0 Å². The fourth-order valence-corrected chi connectivity index (χ4v) is 3.43. The van der Waals surface area contributed by atoms with E-state index in [-0.39, 0.29) is 11.2 Å². The first-order valence-corrected chi connectivity index (χ1v) is 8.22. The van der Waals surface area contributed by atoms with E-state index in [2.05, 4.69) is 9.97 Å². The van der Waals surface area contributed by atoms with Gasteiger partial charge in [0.25, 0.3) is 5.56 Å². The maximum absolute atomic E-state index is 12.4. The van der Waals surface area contributed by atoms with E-state index in [0.29, 0.717) is 28.6 Å². The van der Waals surface area contributed by atoms with Gasteiger partial charge < -0.3 is 4.57 Å². The zero-order valence-corrected chi connectivity index (χ0v) is 14.0. The highest BCUT2D eigenvalue weighted by atomic mass is 32.2. The fraction of sp³-hybridized carbons (Fsp3) is 0.333. The van der Waals surface area contributed by atoms with Crippen LogP contribution in [0, 0.1) is 0 Å². The Bertz CT molecular complexity index is 971. The van der Waals surface area contributed by atoms with Crippen molar-refractivity contribution < 1.29 is 0 Å². The lowest BCUT2D eigenvalue weighted by Crippen LogP contribution is -2.37. The van der Waals surface area contributed by atoms with E-state index in [0.717, 1.165) is 10.3 Å². The summed E-state index contributed by atoms with van der Waals surface area (Å²) in [5.41, 5.74) is 1.13. The van der Waals surface area contributed by atoms with Crippen LogP contribution < -0.4 is 11.2 Å². The third kappa shape index (κ3) is 2.59. The first-order valence-electron chi connectivity index (χ1n) is 7.23. The van der Waals surface area contributed by atoms with Gasteiger partial charge in [0.2, 0.25) is 0 Å². The highest BCUT2D eigenvalue weighted by molar-refractivity contribution is 7.98. The molecule has 0 atom stereocenters. The van der Waals surface area contributed by atoms with Gasteiger partial charge >= 0.3 is 5.69 Å². The van der Waals surface area contributed by atoms with Crippen molar-refractivity contribution in [3.63, 3.8) is 0 Å². The smallest absolute Gasteiger partial charge is 0.313 e. The van der Waals surface area contributed by atoms with Crippen molar-refractivity contribution in [2.75, 3.05) is 0 Å². The van der Waals surface area contributed by atoms with Crippen LogP contribution in [0.5, 0.6) is 0 Å². The van der Waals surface area contributed by atoms with Crippen LogP contribution in [0.1, 0.15) is 12.6 Å². The standard InChI is InChI=1S/C15H17N5O2S/c1-4-20-11-12(18(2)15(22)19(3)13(11)21)17-14(20)23-9-10-7-5-6-8-16-10/h5-8H,4,9H2,1-3H3. The third-order valence-corrected chi connectivity index (χ3v) is 4.71. The second-order valence-electron chi connectivity index (χ2n) is 5.13. The monoisotopic (exact) mass is 331 g/mol. The minimum Gasteiger partial charge on any atom is -0.313 e. The summed E-state index contributed by atoms with van der Waals surface area (Å²) in [6, 6.07) is 5.75. The molecule has 7 nitrogen and oxygen atoms in total. The number of fused-ring (bicyclic) bond motifs is 1. The van der Waals surface area contributed by atoms with Crippen LogP contribution in [0.2, 0.25) is 0 Å². The first kappa shape index (κ1) is 15.5. The average molecular weight is 331 g/mol. The number of hydrogen-bond donors (Lipinski definition) is 0. The van der Waals surface area contributed by atoms with Gasteiger partial charge in [0.05, 0.1) is 5.69 Å². The van der Waals surface area contributed by atoms with Crippen molar-refractivity contribution in [3.05, 3.63) is 50.9 Å². The molecule has 3 heterocycles. The molecule has 0 saturated carbocycles. The molecule has 120 valence electrons. The summed E-state index contributed by atoms with van der Waals surface area (Å²) >= 11 is 1.51. The molecule has 0 spiro atoms. The summed E-state index contributed by atoms with van der Waals surface area (Å²) in [5.74, 6) is 0.651. The molecule has 0 amide bonds. The average Bonchev–Trinajstić information content (AvgIpc) is 2.96. The van der Waals surface area contributed by atoms with E-state index in [1.165, 1.54) is 23.4 Å². The Labute approximate surface area is 136 Å². The minimum absolute atomic E-state index is 0.317. The fourth-order valence-electron chi connectivity index (χ4n) is 2.45. The largest absolute Gasteiger partial charge is 0.332 e. The van der Waals surface area contributed by atoms with Crippen molar-refractivity contribution in [1.29, 1.82) is 0 Å². The number of pyridine rings is 1. The van der Waals surface area contributed by atoms with Gasteiger partial charge in [-0.1, -0.05) is 17.8 Å². The summed E-state index contributed by atoms with van der Waals surface area (Å²) in [4.78, 5) is 33.3. The van der Waals surface area contributed by atoms with E-state index >= 15 is 0 Å². The molecule has 0 fully saturated rings. The van der Waals surface area contributed by atoms with Gasteiger partial charge in [-0.05, 0) is 19.1 Å². The molecule has 0 aromatic carbocycles. The number of aryl methyl sites for hydroxylation is 2. The molecule has 3 aromatic rings.